The van der Waals surface area contributed by atoms with Crippen LogP contribution in [0.3, 0.4) is 0 Å². The lowest BCUT2D eigenvalue weighted by molar-refractivity contribution is 0.0204. The average Bonchev–Trinajstić information content (AvgIpc) is 3.39. The number of hydrogen-bond donors (Lipinski definition) is 1. The smallest absolute Gasteiger partial charge is 0.410 e. The van der Waals surface area contributed by atoms with Crippen molar-refractivity contribution < 1.29 is 9.53 Å². The van der Waals surface area contributed by atoms with Crippen LogP contribution in [0.5, 0.6) is 0 Å². The van der Waals surface area contributed by atoms with Crippen molar-refractivity contribution in [3.63, 3.8) is 0 Å². The van der Waals surface area contributed by atoms with E-state index < -0.39 is 5.60 Å². The van der Waals surface area contributed by atoms with E-state index in [1.54, 1.807) is 17.3 Å². The highest BCUT2D eigenvalue weighted by molar-refractivity contribution is 5.69. The van der Waals surface area contributed by atoms with Gasteiger partial charge in [-0.3, -0.25) is 9.38 Å². The Kier molecular flexibility index (Phi) is 5.71. The first-order chi connectivity index (χ1) is 16.3. The molecule has 2 aliphatic rings. The van der Waals surface area contributed by atoms with E-state index in [9.17, 15) is 9.70 Å². The molecule has 34 heavy (non-hydrogen) atoms. The van der Waals surface area contributed by atoms with Crippen LogP contribution in [0.1, 0.15) is 68.8 Å². The van der Waals surface area contributed by atoms with Crippen LogP contribution in [-0.2, 0) is 11.2 Å². The summed E-state index contributed by atoms with van der Waals surface area (Å²) in [5, 5.41) is 6.84. The molecule has 1 aromatic carbocycles. The van der Waals surface area contributed by atoms with Gasteiger partial charge in [-0.15, -0.1) is 0 Å². The first-order valence-electron chi connectivity index (χ1n) is 11.8. The number of rotatable bonds is 4. The van der Waals surface area contributed by atoms with Crippen LogP contribution >= 0.6 is 0 Å². The molecule has 1 saturated heterocycles. The summed E-state index contributed by atoms with van der Waals surface area (Å²) in [6, 6.07) is 5.87. The number of hydrogen-bond acceptors (Lipinski definition) is 7. The molecule has 5 rings (SSSR count). The Balaban J connectivity index is 1.39. The number of anilines is 2. The maximum absolute atomic E-state index is 12.5. The highest BCUT2D eigenvalue weighted by Gasteiger charge is 2.31. The second kappa shape index (κ2) is 8.70. The van der Waals surface area contributed by atoms with Gasteiger partial charge < -0.3 is 15.0 Å². The number of nitroso groups, excluding NO2 is 1. The quantitative estimate of drug-likeness (QED) is 0.525. The van der Waals surface area contributed by atoms with Gasteiger partial charge >= 0.3 is 6.09 Å². The molecule has 0 saturated carbocycles. The molecule has 1 fully saturated rings. The molecular weight excluding hydrogens is 432 g/mol. The molecule has 1 amide bonds. The Hall–Kier alpha value is -3.49. The summed E-state index contributed by atoms with van der Waals surface area (Å²) < 4.78 is 7.56. The van der Waals surface area contributed by atoms with Crippen molar-refractivity contribution in [2.24, 2.45) is 5.18 Å². The Morgan fingerprint density at radius 1 is 1.21 bits per heavy atom. The van der Waals surface area contributed by atoms with Crippen LogP contribution in [0.15, 0.2) is 42.0 Å². The van der Waals surface area contributed by atoms with Crippen LogP contribution < -0.4 is 5.32 Å². The van der Waals surface area contributed by atoms with Gasteiger partial charge in [-0.2, -0.15) is 4.91 Å². The summed E-state index contributed by atoms with van der Waals surface area (Å²) in [6.07, 6.45) is 8.39. The van der Waals surface area contributed by atoms with E-state index >= 15 is 0 Å². The monoisotopic (exact) mass is 462 g/mol. The molecule has 9 heteroatoms. The highest BCUT2D eigenvalue weighted by Crippen LogP contribution is 2.38. The third-order valence-corrected chi connectivity index (χ3v) is 6.57. The molecular formula is C25H30N6O3. The van der Waals surface area contributed by atoms with E-state index in [0.29, 0.717) is 13.1 Å². The normalized spacial score (nSPS) is 18.7. The van der Waals surface area contributed by atoms with Crippen molar-refractivity contribution in [2.45, 2.75) is 64.0 Å². The van der Waals surface area contributed by atoms with Crippen LogP contribution in [-0.4, -0.2) is 44.1 Å². The maximum Gasteiger partial charge on any atom is 0.410 e. The van der Waals surface area contributed by atoms with Crippen molar-refractivity contribution in [1.29, 1.82) is 0 Å². The average molecular weight is 463 g/mol. The molecule has 2 aromatic heterocycles. The minimum atomic E-state index is -0.503. The fourth-order valence-corrected chi connectivity index (χ4v) is 4.91. The van der Waals surface area contributed by atoms with Crippen molar-refractivity contribution in [2.75, 3.05) is 18.4 Å². The SMILES string of the molecule is CC(C)(C)OC(=O)N1CCC(c2nc3cnccn3c2Nc2ccc3c(c2)CCC3N=O)CC1. The van der Waals surface area contributed by atoms with E-state index in [1.807, 2.05) is 43.5 Å². The van der Waals surface area contributed by atoms with Crippen molar-refractivity contribution in [1.82, 2.24) is 19.3 Å². The molecule has 0 radical (unpaired) electrons. The summed E-state index contributed by atoms with van der Waals surface area (Å²) >= 11 is 0. The molecule has 3 aromatic rings. The first-order valence-corrected chi connectivity index (χ1v) is 11.8. The number of aryl methyl sites for hydroxylation is 1. The van der Waals surface area contributed by atoms with Crippen LogP contribution in [0.4, 0.5) is 16.3 Å². The highest BCUT2D eigenvalue weighted by atomic mass is 16.6. The Bertz CT molecular complexity index is 1220. The lowest BCUT2D eigenvalue weighted by Crippen LogP contribution is -2.41. The number of ether oxygens (including phenoxy) is 1. The van der Waals surface area contributed by atoms with Gasteiger partial charge in [-0.1, -0.05) is 11.2 Å². The summed E-state index contributed by atoms with van der Waals surface area (Å²) in [4.78, 5) is 34.5. The summed E-state index contributed by atoms with van der Waals surface area (Å²) in [5.74, 6) is 1.12. The number of nitrogens with one attached hydrogen (secondary N) is 1. The first kappa shape index (κ1) is 22.3. The van der Waals surface area contributed by atoms with Gasteiger partial charge in [0.25, 0.3) is 0 Å². The van der Waals surface area contributed by atoms with Crippen molar-refractivity contribution in [3.8, 4) is 0 Å². The van der Waals surface area contributed by atoms with Gasteiger partial charge in [-0.05, 0) is 69.7 Å². The zero-order valence-corrected chi connectivity index (χ0v) is 19.8. The molecule has 0 bridgehead atoms. The van der Waals surface area contributed by atoms with Gasteiger partial charge in [0.2, 0.25) is 0 Å². The molecule has 1 unspecified atom stereocenters. The van der Waals surface area contributed by atoms with E-state index in [0.717, 1.165) is 59.7 Å². The zero-order chi connectivity index (χ0) is 23.9. The van der Waals surface area contributed by atoms with Crippen LogP contribution in [0.2, 0.25) is 0 Å². The van der Waals surface area contributed by atoms with Crippen molar-refractivity contribution >= 4 is 23.2 Å². The standard InChI is InChI=1S/C25H30N6O3/c1-25(2,3)34-24(32)30-11-8-16(9-12-30)22-23(31-13-10-26-15-21(31)28-22)27-18-5-6-19-17(14-18)4-7-20(19)29-33/h5-6,10,13-16,20,27H,4,7-9,11-12H2,1-3H3. The fourth-order valence-electron chi connectivity index (χ4n) is 4.91. The third-order valence-electron chi connectivity index (χ3n) is 6.57. The molecule has 1 atom stereocenters. The Labute approximate surface area is 198 Å². The lowest BCUT2D eigenvalue weighted by Gasteiger charge is -2.33. The predicted octanol–water partition coefficient (Wildman–Crippen LogP) is 5.34. The molecule has 1 aliphatic carbocycles. The number of nitrogens with zero attached hydrogens (tertiary/aromatic N) is 5. The second-order valence-corrected chi connectivity index (χ2v) is 10.1. The van der Waals surface area contributed by atoms with Gasteiger partial charge in [0, 0.05) is 37.1 Å². The minimum Gasteiger partial charge on any atom is -0.444 e. The molecule has 1 aliphatic heterocycles. The second-order valence-electron chi connectivity index (χ2n) is 10.1. The van der Waals surface area contributed by atoms with Crippen LogP contribution in [0.25, 0.3) is 5.65 Å². The van der Waals surface area contributed by atoms with Gasteiger partial charge in [0.15, 0.2) is 5.65 Å². The number of piperidine rings is 1. The maximum atomic E-state index is 12.5. The minimum absolute atomic E-state index is 0.208. The fraction of sp³-hybridized carbons (Fsp3) is 0.480. The number of benzene rings is 1. The molecule has 0 spiro atoms. The van der Waals surface area contributed by atoms with E-state index in [2.05, 4.69) is 21.5 Å². The van der Waals surface area contributed by atoms with E-state index in [4.69, 9.17) is 9.72 Å². The Morgan fingerprint density at radius 2 is 2.00 bits per heavy atom. The predicted molar refractivity (Wildman–Crippen MR) is 129 cm³/mol. The zero-order valence-electron chi connectivity index (χ0n) is 19.8. The number of carbonyl (C=O) groups is 1. The number of amides is 1. The molecule has 3 heterocycles. The number of likely N-dealkylation sites (tertiary alicyclic amines) is 1. The van der Waals surface area contributed by atoms with Gasteiger partial charge in [0.05, 0.1) is 11.9 Å². The summed E-state index contributed by atoms with van der Waals surface area (Å²) in [7, 11) is 0. The molecule has 1 N–H and O–H groups in total. The van der Waals surface area contributed by atoms with E-state index in [1.165, 1.54) is 0 Å². The van der Waals surface area contributed by atoms with Gasteiger partial charge in [-0.25, -0.2) is 9.78 Å². The summed E-state index contributed by atoms with van der Waals surface area (Å²) in [6.45, 7) is 6.91. The van der Waals surface area contributed by atoms with Gasteiger partial charge in [0.1, 0.15) is 17.5 Å². The largest absolute Gasteiger partial charge is 0.444 e. The number of carbonyl (C=O) groups excluding carboxylic acids is 1. The number of imidazole rings is 1. The third kappa shape index (κ3) is 4.34. The topological polar surface area (TPSA) is 101 Å². The lowest BCUT2D eigenvalue weighted by atomic mass is 9.93. The Morgan fingerprint density at radius 3 is 2.74 bits per heavy atom. The summed E-state index contributed by atoms with van der Waals surface area (Å²) in [5.41, 5.74) is 4.40. The van der Waals surface area contributed by atoms with Crippen molar-refractivity contribution in [3.05, 3.63) is 58.5 Å². The number of aromatic nitrogens is 3. The van der Waals surface area contributed by atoms with E-state index in [-0.39, 0.29) is 18.1 Å². The number of fused-ring (bicyclic) bond motifs is 2. The van der Waals surface area contributed by atoms with Crippen LogP contribution in [0, 0.1) is 4.91 Å². The molecule has 9 nitrogen and oxygen atoms in total. The molecule has 178 valence electrons.